The zero-order chi connectivity index (χ0) is 21.7. The molecule has 30 heavy (non-hydrogen) atoms. The summed E-state index contributed by atoms with van der Waals surface area (Å²) in [5.41, 5.74) is 0.347. The molecule has 2 aliphatic heterocycles. The minimum absolute atomic E-state index is 0.139. The van der Waals surface area contributed by atoms with Crippen molar-refractivity contribution in [2.45, 2.75) is 31.2 Å². The van der Waals surface area contributed by atoms with Crippen molar-refractivity contribution >= 4 is 23.7 Å². The van der Waals surface area contributed by atoms with Crippen molar-refractivity contribution in [1.29, 1.82) is 0 Å². The third-order valence-corrected chi connectivity index (χ3v) is 4.78. The van der Waals surface area contributed by atoms with Crippen molar-refractivity contribution in [3.8, 4) is 5.75 Å². The molecule has 2 aliphatic rings. The molecule has 3 N–H and O–H groups in total. The van der Waals surface area contributed by atoms with E-state index in [1.54, 1.807) is 36.4 Å². The number of nitrogens with one attached hydrogen (secondary N) is 2. The summed E-state index contributed by atoms with van der Waals surface area (Å²) in [6, 6.07) is 4.86. The summed E-state index contributed by atoms with van der Waals surface area (Å²) < 4.78 is 9.69. The molecule has 3 rings (SSSR count). The Labute approximate surface area is 172 Å². The molecule has 0 aliphatic carbocycles. The third kappa shape index (κ3) is 5.15. The number of nitrogens with zero attached hydrogens (tertiary/aromatic N) is 1. The minimum Gasteiger partial charge on any atom is -0.497 e. The fourth-order valence-electron chi connectivity index (χ4n) is 3.21. The highest BCUT2D eigenvalue weighted by Gasteiger charge is 2.35. The van der Waals surface area contributed by atoms with Crippen LogP contribution in [0.25, 0.3) is 0 Å². The van der Waals surface area contributed by atoms with Gasteiger partial charge in [0.15, 0.2) is 0 Å². The number of carbonyl (C=O) groups excluding carboxylic acids is 4. The Morgan fingerprint density at radius 1 is 1.27 bits per heavy atom. The Morgan fingerprint density at radius 2 is 2.07 bits per heavy atom. The van der Waals surface area contributed by atoms with E-state index in [4.69, 9.17) is 4.74 Å². The number of hydrogen-bond donors (Lipinski definition) is 3. The molecule has 3 atom stereocenters. The molecule has 0 bridgehead atoms. The SMILES string of the molecule is COc1cccc(C(=O)NC2CC=CCN(CC(=O)NC3CC(=O)OC3O)C2=O)c1. The van der Waals surface area contributed by atoms with E-state index in [1.165, 1.54) is 12.0 Å². The quantitative estimate of drug-likeness (QED) is 0.413. The number of aliphatic hydroxyl groups is 1. The summed E-state index contributed by atoms with van der Waals surface area (Å²) in [7, 11) is 1.49. The van der Waals surface area contributed by atoms with E-state index in [1.807, 2.05) is 0 Å². The zero-order valence-electron chi connectivity index (χ0n) is 16.4. The van der Waals surface area contributed by atoms with E-state index in [0.717, 1.165) is 0 Å². The van der Waals surface area contributed by atoms with Crippen LogP contribution in [0.4, 0.5) is 0 Å². The molecule has 0 spiro atoms. The van der Waals surface area contributed by atoms with Crippen LogP contribution in [-0.2, 0) is 19.1 Å². The normalized spacial score (nSPS) is 23.5. The number of methoxy groups -OCH3 is 1. The summed E-state index contributed by atoms with van der Waals surface area (Å²) >= 11 is 0. The molecule has 1 aromatic rings. The largest absolute Gasteiger partial charge is 0.497 e. The molecular weight excluding hydrogens is 394 g/mol. The van der Waals surface area contributed by atoms with Crippen molar-refractivity contribution < 1.29 is 33.8 Å². The van der Waals surface area contributed by atoms with Crippen molar-refractivity contribution in [3.05, 3.63) is 42.0 Å². The molecule has 1 saturated heterocycles. The average molecular weight is 417 g/mol. The molecule has 0 saturated carbocycles. The first kappa shape index (κ1) is 21.3. The zero-order valence-corrected chi connectivity index (χ0v) is 16.4. The van der Waals surface area contributed by atoms with Gasteiger partial charge in [0.2, 0.25) is 18.1 Å². The van der Waals surface area contributed by atoms with E-state index >= 15 is 0 Å². The highest BCUT2D eigenvalue weighted by molar-refractivity contribution is 5.98. The molecular formula is C20H23N3O7. The number of cyclic esters (lactones) is 1. The maximum atomic E-state index is 12.9. The number of rotatable bonds is 6. The third-order valence-electron chi connectivity index (χ3n) is 4.78. The Hall–Kier alpha value is -3.40. The Morgan fingerprint density at radius 3 is 2.77 bits per heavy atom. The summed E-state index contributed by atoms with van der Waals surface area (Å²) in [5, 5.41) is 14.8. The van der Waals surface area contributed by atoms with E-state index < -0.39 is 42.1 Å². The fraction of sp³-hybridized carbons (Fsp3) is 0.400. The van der Waals surface area contributed by atoms with E-state index in [0.29, 0.717) is 11.3 Å². The van der Waals surface area contributed by atoms with Crippen LogP contribution in [0.15, 0.2) is 36.4 Å². The van der Waals surface area contributed by atoms with Crippen LogP contribution in [0.2, 0.25) is 0 Å². The van der Waals surface area contributed by atoms with Crippen LogP contribution in [-0.4, -0.2) is 72.3 Å². The Balaban J connectivity index is 1.61. The van der Waals surface area contributed by atoms with Gasteiger partial charge in [-0.1, -0.05) is 18.2 Å². The van der Waals surface area contributed by atoms with Crippen LogP contribution in [0.1, 0.15) is 23.2 Å². The molecule has 1 aromatic carbocycles. The number of ether oxygens (including phenoxy) is 2. The van der Waals surface area contributed by atoms with Crippen molar-refractivity contribution in [2.24, 2.45) is 0 Å². The van der Waals surface area contributed by atoms with Gasteiger partial charge in [-0.05, 0) is 24.6 Å². The van der Waals surface area contributed by atoms with E-state index in [-0.39, 0.29) is 25.9 Å². The van der Waals surface area contributed by atoms with Gasteiger partial charge in [0.1, 0.15) is 17.8 Å². The minimum atomic E-state index is -1.41. The maximum absolute atomic E-state index is 12.9. The molecule has 3 amide bonds. The number of aliphatic hydroxyl groups excluding tert-OH is 1. The summed E-state index contributed by atoms with van der Waals surface area (Å²) in [5.74, 6) is -1.48. The molecule has 10 heteroatoms. The topological polar surface area (TPSA) is 134 Å². The van der Waals surface area contributed by atoms with Crippen molar-refractivity contribution in [3.63, 3.8) is 0 Å². The molecule has 0 radical (unpaired) electrons. The second-order valence-corrected chi connectivity index (χ2v) is 6.94. The van der Waals surface area contributed by atoms with E-state index in [9.17, 15) is 24.3 Å². The maximum Gasteiger partial charge on any atom is 0.310 e. The van der Waals surface area contributed by atoms with Gasteiger partial charge in [-0.2, -0.15) is 0 Å². The Kier molecular flexibility index (Phi) is 6.68. The predicted octanol–water partition coefficient (Wildman–Crippen LogP) is -0.668. The first-order valence-corrected chi connectivity index (χ1v) is 9.43. The molecule has 0 aromatic heterocycles. The smallest absolute Gasteiger partial charge is 0.310 e. The number of esters is 1. The monoisotopic (exact) mass is 417 g/mol. The molecule has 10 nitrogen and oxygen atoms in total. The summed E-state index contributed by atoms with van der Waals surface area (Å²) in [4.78, 5) is 50.2. The Bertz CT molecular complexity index is 870. The highest BCUT2D eigenvalue weighted by atomic mass is 16.6. The highest BCUT2D eigenvalue weighted by Crippen LogP contribution is 2.15. The lowest BCUT2D eigenvalue weighted by atomic mass is 10.1. The molecule has 2 heterocycles. The van der Waals surface area contributed by atoms with Crippen LogP contribution < -0.4 is 15.4 Å². The van der Waals surface area contributed by atoms with Gasteiger partial charge in [-0.15, -0.1) is 0 Å². The lowest BCUT2D eigenvalue weighted by molar-refractivity contribution is -0.155. The average Bonchev–Trinajstić information content (AvgIpc) is 2.94. The van der Waals surface area contributed by atoms with Crippen LogP contribution in [0, 0.1) is 0 Å². The summed E-state index contributed by atoms with van der Waals surface area (Å²) in [6.07, 6.45) is 2.24. The van der Waals surface area contributed by atoms with Gasteiger partial charge in [0, 0.05) is 12.1 Å². The first-order chi connectivity index (χ1) is 14.4. The fourth-order valence-corrected chi connectivity index (χ4v) is 3.21. The molecule has 160 valence electrons. The predicted molar refractivity (Wildman–Crippen MR) is 103 cm³/mol. The second kappa shape index (κ2) is 9.40. The molecule has 1 fully saturated rings. The van der Waals surface area contributed by atoms with Gasteiger partial charge in [0.25, 0.3) is 5.91 Å². The van der Waals surface area contributed by atoms with Gasteiger partial charge < -0.3 is 30.1 Å². The van der Waals surface area contributed by atoms with Crippen molar-refractivity contribution in [1.82, 2.24) is 15.5 Å². The van der Waals surface area contributed by atoms with Gasteiger partial charge in [-0.25, -0.2) is 0 Å². The van der Waals surface area contributed by atoms with Crippen LogP contribution in [0.3, 0.4) is 0 Å². The van der Waals surface area contributed by atoms with Gasteiger partial charge >= 0.3 is 5.97 Å². The van der Waals surface area contributed by atoms with E-state index in [2.05, 4.69) is 15.4 Å². The number of benzene rings is 1. The van der Waals surface area contributed by atoms with Crippen LogP contribution in [0.5, 0.6) is 5.75 Å². The number of amides is 3. The second-order valence-electron chi connectivity index (χ2n) is 6.94. The van der Waals surface area contributed by atoms with Gasteiger partial charge in [-0.3, -0.25) is 19.2 Å². The number of carbonyl (C=O) groups is 4. The summed E-state index contributed by atoms with van der Waals surface area (Å²) in [6.45, 7) is -0.0907. The lowest BCUT2D eigenvalue weighted by Crippen LogP contribution is -2.51. The molecule has 3 unspecified atom stereocenters. The number of hydrogen-bond acceptors (Lipinski definition) is 7. The first-order valence-electron chi connectivity index (χ1n) is 9.43. The van der Waals surface area contributed by atoms with Crippen LogP contribution >= 0.6 is 0 Å². The van der Waals surface area contributed by atoms with Crippen molar-refractivity contribution in [2.75, 3.05) is 20.2 Å². The lowest BCUT2D eigenvalue weighted by Gasteiger charge is -2.25. The van der Waals surface area contributed by atoms with Gasteiger partial charge in [0.05, 0.1) is 20.1 Å². The standard InChI is InChI=1S/C20H23N3O7/c1-29-13-6-4-5-12(9-13)18(26)22-14-7-2-3-8-23(19(14)27)11-16(24)21-15-10-17(25)30-20(15)28/h2-6,9,14-15,20,28H,7-8,10-11H2,1H3,(H,21,24)(H,22,26).